The first kappa shape index (κ1) is 18.6. The van der Waals surface area contributed by atoms with Gasteiger partial charge in [0.2, 0.25) is 12.7 Å². The van der Waals surface area contributed by atoms with E-state index in [2.05, 4.69) is 0 Å². The van der Waals surface area contributed by atoms with Crippen molar-refractivity contribution in [3.8, 4) is 11.5 Å². The lowest BCUT2D eigenvalue weighted by Crippen LogP contribution is -2.37. The third-order valence-corrected chi connectivity index (χ3v) is 3.84. The van der Waals surface area contributed by atoms with Gasteiger partial charge in [-0.05, 0) is 37.9 Å². The first-order chi connectivity index (χ1) is 11.5. The van der Waals surface area contributed by atoms with Gasteiger partial charge < -0.3 is 24.0 Å². The highest BCUT2D eigenvalue weighted by atomic mass is 35.5. The molecule has 2 rings (SSSR count). The monoisotopic (exact) mass is 354 g/mol. The molecule has 0 saturated heterocycles. The minimum Gasteiger partial charge on any atom is -0.454 e. The van der Waals surface area contributed by atoms with Crippen LogP contribution >= 0.6 is 11.6 Å². The molecular formula is C17H23ClN2O4. The van der Waals surface area contributed by atoms with E-state index in [0.717, 1.165) is 12.1 Å². The number of carbonyl (C=O) groups is 1. The van der Waals surface area contributed by atoms with Gasteiger partial charge >= 0.3 is 0 Å². The third-order valence-electron chi connectivity index (χ3n) is 3.56. The van der Waals surface area contributed by atoms with Crippen LogP contribution in [0.2, 0.25) is 5.02 Å². The molecule has 0 N–H and O–H groups in total. The second-order valence-corrected chi connectivity index (χ2v) is 6.10. The number of methoxy groups -OCH3 is 1. The van der Waals surface area contributed by atoms with Crippen molar-refractivity contribution in [3.63, 3.8) is 0 Å². The largest absolute Gasteiger partial charge is 0.454 e. The highest BCUT2D eigenvalue weighted by Gasteiger charge is 2.18. The van der Waals surface area contributed by atoms with E-state index < -0.39 is 0 Å². The molecule has 1 heterocycles. The summed E-state index contributed by atoms with van der Waals surface area (Å²) in [6.07, 6.45) is 3.27. The molecule has 132 valence electrons. The van der Waals surface area contributed by atoms with Crippen LogP contribution in [0.5, 0.6) is 11.5 Å². The lowest BCUT2D eigenvalue weighted by molar-refractivity contribution is -0.126. The molecule has 0 aromatic heterocycles. The van der Waals surface area contributed by atoms with Crippen molar-refractivity contribution < 1.29 is 19.0 Å². The maximum atomic E-state index is 12.4. The topological polar surface area (TPSA) is 51.2 Å². The zero-order valence-electron chi connectivity index (χ0n) is 14.3. The number of ether oxygens (including phenoxy) is 3. The van der Waals surface area contributed by atoms with Gasteiger partial charge in [-0.3, -0.25) is 4.79 Å². The van der Waals surface area contributed by atoms with Gasteiger partial charge in [0, 0.05) is 32.8 Å². The molecule has 1 amide bonds. The van der Waals surface area contributed by atoms with Crippen molar-refractivity contribution in [2.45, 2.75) is 0 Å². The number of rotatable bonds is 8. The van der Waals surface area contributed by atoms with Gasteiger partial charge in [-0.15, -0.1) is 0 Å². The average molecular weight is 355 g/mol. The van der Waals surface area contributed by atoms with Crippen LogP contribution in [0.3, 0.4) is 0 Å². The fourth-order valence-electron chi connectivity index (χ4n) is 2.21. The van der Waals surface area contributed by atoms with Crippen LogP contribution in [0.4, 0.5) is 0 Å². The number of hydrogen-bond acceptors (Lipinski definition) is 5. The van der Waals surface area contributed by atoms with Crippen molar-refractivity contribution in [2.24, 2.45) is 0 Å². The van der Waals surface area contributed by atoms with Crippen molar-refractivity contribution >= 4 is 23.6 Å². The summed E-state index contributed by atoms with van der Waals surface area (Å²) in [5.74, 6) is 1.08. The molecule has 0 bridgehead atoms. The Morgan fingerprint density at radius 3 is 2.79 bits per heavy atom. The van der Waals surface area contributed by atoms with Gasteiger partial charge in [0.1, 0.15) is 0 Å². The van der Waals surface area contributed by atoms with E-state index in [4.69, 9.17) is 25.8 Å². The molecule has 0 saturated carbocycles. The summed E-state index contributed by atoms with van der Waals surface area (Å²) in [5, 5.41) is 0.473. The highest BCUT2D eigenvalue weighted by Crippen LogP contribution is 2.40. The molecule has 1 aromatic rings. The first-order valence-corrected chi connectivity index (χ1v) is 8.09. The summed E-state index contributed by atoms with van der Waals surface area (Å²) in [6.45, 7) is 2.65. The standard InChI is InChI=1S/C17H23ClN2O4/c1-19(2)6-7-20(8-9-22-3)16(21)5-4-13-10-14(18)17-15(11-13)23-12-24-17/h4-5,10-11H,6-9,12H2,1-3H3/b5-4+. The van der Waals surface area contributed by atoms with Crippen LogP contribution in [0.15, 0.2) is 18.2 Å². The van der Waals surface area contributed by atoms with E-state index in [1.165, 1.54) is 0 Å². The summed E-state index contributed by atoms with van der Waals surface area (Å²) in [7, 11) is 5.58. The molecule has 0 aliphatic carbocycles. The maximum Gasteiger partial charge on any atom is 0.246 e. The van der Waals surface area contributed by atoms with Crippen LogP contribution in [0.25, 0.3) is 6.08 Å². The summed E-state index contributed by atoms with van der Waals surface area (Å²) < 4.78 is 15.7. The average Bonchev–Trinajstić information content (AvgIpc) is 3.01. The lowest BCUT2D eigenvalue weighted by atomic mass is 10.2. The van der Waals surface area contributed by atoms with Crippen molar-refractivity contribution in [3.05, 3.63) is 28.8 Å². The van der Waals surface area contributed by atoms with Gasteiger partial charge in [0.25, 0.3) is 0 Å². The van der Waals surface area contributed by atoms with Crippen LogP contribution < -0.4 is 9.47 Å². The Balaban J connectivity index is 2.04. The highest BCUT2D eigenvalue weighted by molar-refractivity contribution is 6.32. The molecule has 7 heteroatoms. The van der Waals surface area contributed by atoms with Gasteiger partial charge in [0.15, 0.2) is 11.5 Å². The zero-order chi connectivity index (χ0) is 17.5. The molecule has 0 radical (unpaired) electrons. The van der Waals surface area contributed by atoms with E-state index >= 15 is 0 Å². The Morgan fingerprint density at radius 1 is 1.29 bits per heavy atom. The number of benzene rings is 1. The quantitative estimate of drug-likeness (QED) is 0.669. The molecule has 24 heavy (non-hydrogen) atoms. The van der Waals surface area contributed by atoms with Crippen molar-refractivity contribution in [1.82, 2.24) is 9.80 Å². The molecule has 1 aliphatic heterocycles. The number of fused-ring (bicyclic) bond motifs is 1. The molecule has 0 unspecified atom stereocenters. The fourth-order valence-corrected chi connectivity index (χ4v) is 2.48. The Morgan fingerprint density at radius 2 is 2.08 bits per heavy atom. The lowest BCUT2D eigenvalue weighted by Gasteiger charge is -2.22. The maximum absolute atomic E-state index is 12.4. The predicted octanol–water partition coefficient (Wildman–Crippen LogP) is 2.12. The van der Waals surface area contributed by atoms with Gasteiger partial charge in [-0.1, -0.05) is 11.6 Å². The van der Waals surface area contributed by atoms with Crippen LogP contribution in [0, 0.1) is 0 Å². The fraction of sp³-hybridized carbons (Fsp3) is 0.471. The summed E-state index contributed by atoms with van der Waals surface area (Å²) in [6, 6.07) is 3.55. The van der Waals surface area contributed by atoms with E-state index in [1.54, 1.807) is 36.3 Å². The first-order valence-electron chi connectivity index (χ1n) is 7.71. The number of hydrogen-bond donors (Lipinski definition) is 0. The van der Waals surface area contributed by atoms with Gasteiger partial charge in [-0.25, -0.2) is 0 Å². The molecular weight excluding hydrogens is 332 g/mol. The van der Waals surface area contributed by atoms with E-state index in [9.17, 15) is 4.79 Å². The summed E-state index contributed by atoms with van der Waals surface area (Å²) >= 11 is 6.15. The van der Waals surface area contributed by atoms with Crippen LogP contribution in [-0.4, -0.2) is 69.9 Å². The predicted molar refractivity (Wildman–Crippen MR) is 93.6 cm³/mol. The number of amides is 1. The number of carbonyl (C=O) groups excluding carboxylic acids is 1. The van der Waals surface area contributed by atoms with Gasteiger partial charge in [0.05, 0.1) is 11.6 Å². The normalized spacial score (nSPS) is 13.0. The smallest absolute Gasteiger partial charge is 0.246 e. The second-order valence-electron chi connectivity index (χ2n) is 5.69. The molecule has 0 spiro atoms. The molecule has 1 aromatic carbocycles. The minimum absolute atomic E-state index is 0.0670. The molecule has 1 aliphatic rings. The Labute approximate surface area is 147 Å². The Hall–Kier alpha value is -1.76. The molecule has 0 fully saturated rings. The Bertz CT molecular complexity index is 604. The third kappa shape index (κ3) is 5.12. The van der Waals surface area contributed by atoms with Crippen molar-refractivity contribution in [2.75, 3.05) is 54.2 Å². The Kier molecular flexibility index (Phi) is 6.90. The van der Waals surface area contributed by atoms with Gasteiger partial charge in [-0.2, -0.15) is 0 Å². The summed E-state index contributed by atoms with van der Waals surface area (Å²) in [4.78, 5) is 16.2. The number of nitrogens with zero attached hydrogens (tertiary/aromatic N) is 2. The van der Waals surface area contributed by atoms with Crippen molar-refractivity contribution in [1.29, 1.82) is 0 Å². The van der Waals surface area contributed by atoms with E-state index in [0.29, 0.717) is 36.2 Å². The van der Waals surface area contributed by atoms with E-state index in [-0.39, 0.29) is 12.7 Å². The summed E-state index contributed by atoms with van der Waals surface area (Å²) in [5.41, 5.74) is 0.789. The molecule has 6 nitrogen and oxygen atoms in total. The second kappa shape index (κ2) is 8.92. The SMILES string of the molecule is COCCN(CCN(C)C)C(=O)/C=C/c1cc(Cl)c2c(c1)OCO2. The van der Waals surface area contributed by atoms with Crippen LogP contribution in [-0.2, 0) is 9.53 Å². The van der Waals surface area contributed by atoms with E-state index in [1.807, 2.05) is 19.0 Å². The number of halogens is 1. The zero-order valence-corrected chi connectivity index (χ0v) is 15.0. The van der Waals surface area contributed by atoms with Crippen LogP contribution in [0.1, 0.15) is 5.56 Å². The number of likely N-dealkylation sites (N-methyl/N-ethyl adjacent to an activating group) is 1. The molecule has 0 atom stereocenters. The minimum atomic E-state index is -0.0670.